The highest BCUT2D eigenvalue weighted by atomic mass is 32.2. The van der Waals surface area contributed by atoms with Crippen LogP contribution in [0.1, 0.15) is 59.8 Å². The van der Waals surface area contributed by atoms with Crippen molar-refractivity contribution >= 4 is 35.1 Å². The van der Waals surface area contributed by atoms with Crippen molar-refractivity contribution in [1.82, 2.24) is 4.90 Å². The van der Waals surface area contributed by atoms with Crippen LogP contribution in [0.3, 0.4) is 0 Å². The van der Waals surface area contributed by atoms with E-state index in [1.54, 1.807) is 13.8 Å². The summed E-state index contributed by atoms with van der Waals surface area (Å²) in [5.74, 6) is 0.168. The molecule has 0 radical (unpaired) electrons. The van der Waals surface area contributed by atoms with E-state index >= 15 is 0 Å². The molecule has 0 aliphatic carbocycles. The molecule has 1 heterocycles. The lowest BCUT2D eigenvalue weighted by Gasteiger charge is -2.16. The number of rotatable bonds is 12. The van der Waals surface area contributed by atoms with Crippen molar-refractivity contribution in [3.05, 3.63) is 0 Å². The van der Waals surface area contributed by atoms with Crippen molar-refractivity contribution < 1.29 is 19.2 Å². The van der Waals surface area contributed by atoms with Gasteiger partial charge in [0.2, 0.25) is 11.8 Å². The highest BCUT2D eigenvalue weighted by molar-refractivity contribution is 8.00. The molecule has 7 heteroatoms. The smallest absolute Gasteiger partial charge is 0.242 e. The van der Waals surface area contributed by atoms with Crippen molar-refractivity contribution in [2.45, 2.75) is 71.1 Å². The Labute approximate surface area is 160 Å². The summed E-state index contributed by atoms with van der Waals surface area (Å²) >= 11 is 1.30. The van der Waals surface area contributed by atoms with Crippen LogP contribution >= 0.6 is 11.8 Å². The van der Waals surface area contributed by atoms with Gasteiger partial charge in [0, 0.05) is 37.0 Å². The number of hydrogen-bond donors (Lipinski definition) is 1. The number of nitrogens with zero attached hydrogens (tertiary/aromatic N) is 1. The summed E-state index contributed by atoms with van der Waals surface area (Å²) in [6.45, 7) is 7.79. The zero-order chi connectivity index (χ0) is 19.9. The van der Waals surface area contributed by atoms with Gasteiger partial charge >= 0.3 is 0 Å². The minimum atomic E-state index is -0.601. The molecule has 2 atom stereocenters. The quantitative estimate of drug-likeness (QED) is 0.409. The van der Waals surface area contributed by atoms with Crippen LogP contribution in [0.2, 0.25) is 0 Å². The molecule has 1 saturated heterocycles. The summed E-state index contributed by atoms with van der Waals surface area (Å²) in [5.41, 5.74) is 5.86. The first-order valence-electron chi connectivity index (χ1n) is 9.43. The van der Waals surface area contributed by atoms with Crippen molar-refractivity contribution in [3.8, 4) is 0 Å². The number of imide groups is 1. The molecule has 1 rings (SSSR count). The number of unbranched alkanes of at least 4 members (excludes halogenated alkanes) is 2. The van der Waals surface area contributed by atoms with Gasteiger partial charge in [-0.3, -0.25) is 24.1 Å². The van der Waals surface area contributed by atoms with Gasteiger partial charge in [-0.05, 0) is 12.8 Å². The van der Waals surface area contributed by atoms with Crippen LogP contribution < -0.4 is 5.73 Å². The fourth-order valence-electron chi connectivity index (χ4n) is 2.78. The lowest BCUT2D eigenvalue weighted by molar-refractivity contribution is -0.138. The average molecular weight is 385 g/mol. The molecule has 148 valence electrons. The third-order valence-electron chi connectivity index (χ3n) is 4.56. The second-order valence-electron chi connectivity index (χ2n) is 7.50. The summed E-state index contributed by atoms with van der Waals surface area (Å²) < 4.78 is 0. The van der Waals surface area contributed by atoms with Crippen molar-refractivity contribution in [2.24, 2.45) is 17.6 Å². The molecule has 0 bridgehead atoms. The van der Waals surface area contributed by atoms with E-state index in [-0.39, 0.29) is 41.6 Å². The molecule has 0 saturated carbocycles. The minimum absolute atomic E-state index is 0.0259. The number of amides is 2. The van der Waals surface area contributed by atoms with E-state index in [0.717, 1.165) is 12.8 Å². The van der Waals surface area contributed by atoms with Crippen LogP contribution in [0.5, 0.6) is 0 Å². The van der Waals surface area contributed by atoms with Crippen LogP contribution in [0, 0.1) is 11.8 Å². The Bertz CT molecular complexity index is 534. The molecule has 2 amide bonds. The first-order valence-corrected chi connectivity index (χ1v) is 10.5. The molecule has 1 unspecified atom stereocenters. The third kappa shape index (κ3) is 6.83. The zero-order valence-electron chi connectivity index (χ0n) is 16.3. The summed E-state index contributed by atoms with van der Waals surface area (Å²) in [5, 5.41) is -0.434. The van der Waals surface area contributed by atoms with Crippen molar-refractivity contribution in [3.63, 3.8) is 0 Å². The lowest BCUT2D eigenvalue weighted by Crippen LogP contribution is -2.37. The van der Waals surface area contributed by atoms with Crippen LogP contribution in [-0.4, -0.2) is 51.9 Å². The molecule has 2 N–H and O–H groups in total. The molecule has 0 aromatic heterocycles. The number of carbonyl (C=O) groups excluding carboxylic acids is 4. The average Bonchev–Trinajstić information content (AvgIpc) is 2.85. The number of carbonyl (C=O) groups is 4. The fraction of sp³-hybridized carbons (Fsp3) is 0.789. The molecule has 0 aromatic rings. The van der Waals surface area contributed by atoms with Crippen LogP contribution in [-0.2, 0) is 19.2 Å². The number of ketones is 2. The summed E-state index contributed by atoms with van der Waals surface area (Å²) in [4.78, 5) is 49.2. The van der Waals surface area contributed by atoms with E-state index in [2.05, 4.69) is 0 Å². The number of Topliss-reactive ketones (excluding diaryl/α,β-unsaturated/α-hetero) is 2. The Balaban J connectivity index is 2.35. The highest BCUT2D eigenvalue weighted by Gasteiger charge is 2.38. The first kappa shape index (κ1) is 22.8. The maximum Gasteiger partial charge on any atom is 0.242 e. The van der Waals surface area contributed by atoms with Gasteiger partial charge in [-0.2, -0.15) is 0 Å². The van der Waals surface area contributed by atoms with Gasteiger partial charge in [-0.25, -0.2) is 0 Å². The molecule has 1 fully saturated rings. The van der Waals surface area contributed by atoms with Gasteiger partial charge in [0.05, 0.1) is 11.3 Å². The van der Waals surface area contributed by atoms with E-state index < -0.39 is 11.3 Å². The number of hydrogen-bond acceptors (Lipinski definition) is 6. The fourth-order valence-corrected chi connectivity index (χ4v) is 3.92. The predicted octanol–water partition coefficient (Wildman–Crippen LogP) is 2.18. The Hall–Kier alpha value is -1.21. The van der Waals surface area contributed by atoms with Gasteiger partial charge in [-0.15, -0.1) is 11.8 Å². The summed E-state index contributed by atoms with van der Waals surface area (Å²) in [6, 6.07) is -0.601. The third-order valence-corrected chi connectivity index (χ3v) is 5.89. The molecule has 1 aliphatic heterocycles. The number of thioether (sulfide) groups is 1. The van der Waals surface area contributed by atoms with Crippen LogP contribution in [0.15, 0.2) is 0 Å². The molecule has 1 aliphatic rings. The van der Waals surface area contributed by atoms with E-state index in [1.165, 1.54) is 16.7 Å². The van der Waals surface area contributed by atoms with Crippen LogP contribution in [0.25, 0.3) is 0 Å². The Morgan fingerprint density at radius 3 is 2.35 bits per heavy atom. The van der Waals surface area contributed by atoms with Crippen LogP contribution in [0.4, 0.5) is 0 Å². The molecular formula is C19H32N2O4S. The predicted molar refractivity (Wildman–Crippen MR) is 104 cm³/mol. The molecule has 0 aromatic carbocycles. The van der Waals surface area contributed by atoms with Gasteiger partial charge in [-0.1, -0.05) is 34.1 Å². The second-order valence-corrected chi connectivity index (χ2v) is 8.74. The van der Waals surface area contributed by atoms with Gasteiger partial charge in [0.15, 0.2) is 5.78 Å². The largest absolute Gasteiger partial charge is 0.321 e. The highest BCUT2D eigenvalue weighted by Crippen LogP contribution is 2.26. The maximum atomic E-state index is 12.4. The summed E-state index contributed by atoms with van der Waals surface area (Å²) in [6.07, 6.45) is 3.06. The lowest BCUT2D eigenvalue weighted by atomic mass is 10.0. The molecule has 6 nitrogen and oxygen atoms in total. The first-order chi connectivity index (χ1) is 12.1. The minimum Gasteiger partial charge on any atom is -0.321 e. The van der Waals surface area contributed by atoms with Gasteiger partial charge in [0.25, 0.3) is 0 Å². The van der Waals surface area contributed by atoms with Gasteiger partial charge < -0.3 is 5.73 Å². The van der Waals surface area contributed by atoms with E-state index in [0.29, 0.717) is 25.1 Å². The van der Waals surface area contributed by atoms with E-state index in [4.69, 9.17) is 5.73 Å². The van der Waals surface area contributed by atoms with Crippen molar-refractivity contribution in [1.29, 1.82) is 0 Å². The SMILES string of the molecule is CC(C)C(=O)CCCCCN1C(=O)CC(SC[C@H](N)C(=O)C(C)C)C1=O. The second kappa shape index (κ2) is 10.8. The molecule has 26 heavy (non-hydrogen) atoms. The Morgan fingerprint density at radius 1 is 1.12 bits per heavy atom. The monoisotopic (exact) mass is 384 g/mol. The summed E-state index contributed by atoms with van der Waals surface area (Å²) in [7, 11) is 0. The molecular weight excluding hydrogens is 352 g/mol. The normalized spacial score (nSPS) is 18.9. The molecule has 0 spiro atoms. The Kier molecular flexibility index (Phi) is 9.50. The van der Waals surface area contributed by atoms with Gasteiger partial charge in [0.1, 0.15) is 5.78 Å². The number of nitrogens with two attached hydrogens (primary N) is 1. The van der Waals surface area contributed by atoms with Crippen molar-refractivity contribution in [2.75, 3.05) is 12.3 Å². The topological polar surface area (TPSA) is 97.5 Å². The van der Waals surface area contributed by atoms with E-state index in [9.17, 15) is 19.2 Å². The van der Waals surface area contributed by atoms with E-state index in [1.807, 2.05) is 13.8 Å². The maximum absolute atomic E-state index is 12.4. The Morgan fingerprint density at radius 2 is 1.77 bits per heavy atom. The zero-order valence-corrected chi connectivity index (χ0v) is 17.1. The standard InChI is InChI=1S/C19H32N2O4S/c1-12(2)15(22)8-6-5-7-9-21-17(23)10-16(19(21)25)26-11-14(20)18(24)13(3)4/h12-14,16H,5-11,20H2,1-4H3/t14-,16?/m0/s1. The number of likely N-dealkylation sites (tertiary alicyclic amines) is 1.